The zero-order valence-electron chi connectivity index (χ0n) is 14.9. The van der Waals surface area contributed by atoms with Crippen molar-refractivity contribution in [3.05, 3.63) is 58.9 Å². The molecule has 0 bridgehead atoms. The van der Waals surface area contributed by atoms with Gasteiger partial charge in [-0.2, -0.15) is 4.57 Å². The second-order valence-corrected chi connectivity index (χ2v) is 6.92. The van der Waals surface area contributed by atoms with E-state index in [9.17, 15) is 0 Å². The molecule has 0 saturated heterocycles. The first-order chi connectivity index (χ1) is 10.9. The van der Waals surface area contributed by atoms with Crippen molar-refractivity contribution >= 4 is 10.9 Å². The van der Waals surface area contributed by atoms with Crippen molar-refractivity contribution in [1.82, 2.24) is 4.98 Å². The summed E-state index contributed by atoms with van der Waals surface area (Å²) in [6, 6.07) is 9.07. The Labute approximate surface area is 138 Å². The van der Waals surface area contributed by atoms with Crippen molar-refractivity contribution in [2.24, 2.45) is 7.05 Å². The smallest absolute Gasteiger partial charge is 0.213 e. The molecular formula is C21H25N2+. The number of hydrogen-bond donors (Lipinski definition) is 0. The van der Waals surface area contributed by atoms with Crippen LogP contribution in [0.25, 0.3) is 22.2 Å². The summed E-state index contributed by atoms with van der Waals surface area (Å²) in [4.78, 5) is 4.63. The van der Waals surface area contributed by atoms with Crippen LogP contribution in [0.5, 0.6) is 0 Å². The Balaban J connectivity index is 2.27. The molecule has 0 aliphatic carbocycles. The maximum atomic E-state index is 4.63. The number of aryl methyl sites for hydroxylation is 3. The fraction of sp³-hybridized carbons (Fsp3) is 0.333. The first-order valence-electron chi connectivity index (χ1n) is 8.24. The van der Waals surface area contributed by atoms with Crippen LogP contribution in [0.2, 0.25) is 0 Å². The lowest BCUT2D eigenvalue weighted by Gasteiger charge is -2.11. The molecule has 0 aliphatic rings. The Kier molecular flexibility index (Phi) is 3.93. The van der Waals surface area contributed by atoms with Gasteiger partial charge < -0.3 is 0 Å². The van der Waals surface area contributed by atoms with Gasteiger partial charge in [-0.15, -0.1) is 0 Å². The summed E-state index contributed by atoms with van der Waals surface area (Å²) in [5, 5.41) is 1.21. The number of nitrogens with zero attached hydrogens (tertiary/aromatic N) is 2. The second kappa shape index (κ2) is 5.77. The summed E-state index contributed by atoms with van der Waals surface area (Å²) in [5.74, 6) is 0.493. The molecule has 2 heterocycles. The molecule has 0 amide bonds. The molecule has 0 unspecified atom stereocenters. The second-order valence-electron chi connectivity index (χ2n) is 6.92. The normalized spacial score (nSPS) is 11.4. The van der Waals surface area contributed by atoms with E-state index in [1.165, 1.54) is 38.9 Å². The SMILES string of the molecule is Cc1cc(C)c(C)c(-c2cc3cc(C(C)C)cnc3c[n+]2C)c1. The summed E-state index contributed by atoms with van der Waals surface area (Å²) in [6.45, 7) is 11.0. The van der Waals surface area contributed by atoms with Crippen LogP contribution in [0.1, 0.15) is 42.0 Å². The van der Waals surface area contributed by atoms with E-state index in [1.54, 1.807) is 0 Å². The van der Waals surface area contributed by atoms with Crippen LogP contribution in [0.3, 0.4) is 0 Å². The molecule has 3 aromatic rings. The average molecular weight is 305 g/mol. The van der Waals surface area contributed by atoms with Crippen LogP contribution in [-0.4, -0.2) is 4.98 Å². The van der Waals surface area contributed by atoms with E-state index >= 15 is 0 Å². The van der Waals surface area contributed by atoms with Gasteiger partial charge in [0.2, 0.25) is 5.69 Å². The molecule has 0 radical (unpaired) electrons. The topological polar surface area (TPSA) is 16.8 Å². The molecule has 0 spiro atoms. The summed E-state index contributed by atoms with van der Waals surface area (Å²) < 4.78 is 2.19. The third-order valence-corrected chi connectivity index (χ3v) is 4.71. The number of hydrogen-bond acceptors (Lipinski definition) is 1. The Morgan fingerprint density at radius 2 is 1.74 bits per heavy atom. The van der Waals surface area contributed by atoms with Gasteiger partial charge in [0.05, 0.1) is 0 Å². The van der Waals surface area contributed by atoms with Gasteiger partial charge >= 0.3 is 0 Å². The van der Waals surface area contributed by atoms with Crippen LogP contribution in [0, 0.1) is 20.8 Å². The predicted octanol–water partition coefficient (Wildman–Crippen LogP) is 4.77. The van der Waals surface area contributed by atoms with Crippen molar-refractivity contribution < 1.29 is 4.57 Å². The lowest BCUT2D eigenvalue weighted by molar-refractivity contribution is -0.659. The minimum Gasteiger partial charge on any atom is -0.250 e. The average Bonchev–Trinajstić information content (AvgIpc) is 2.49. The van der Waals surface area contributed by atoms with Crippen molar-refractivity contribution in [3.63, 3.8) is 0 Å². The van der Waals surface area contributed by atoms with Gasteiger partial charge in [-0.1, -0.05) is 25.5 Å². The monoisotopic (exact) mass is 305 g/mol. The summed E-state index contributed by atoms with van der Waals surface area (Å²) >= 11 is 0. The molecule has 0 atom stereocenters. The fourth-order valence-electron chi connectivity index (χ4n) is 3.12. The molecule has 2 nitrogen and oxygen atoms in total. The molecular weight excluding hydrogens is 280 g/mol. The minimum absolute atomic E-state index is 0.493. The van der Waals surface area contributed by atoms with Gasteiger partial charge in [0, 0.05) is 23.2 Å². The molecule has 0 N–H and O–H groups in total. The fourth-order valence-corrected chi connectivity index (χ4v) is 3.12. The zero-order valence-corrected chi connectivity index (χ0v) is 14.9. The molecule has 3 rings (SSSR count). The Hall–Kier alpha value is -2.22. The summed E-state index contributed by atoms with van der Waals surface area (Å²) in [5.41, 5.74) is 8.87. The molecule has 23 heavy (non-hydrogen) atoms. The van der Waals surface area contributed by atoms with Crippen LogP contribution in [0.4, 0.5) is 0 Å². The van der Waals surface area contributed by atoms with Gasteiger partial charge in [0.1, 0.15) is 12.6 Å². The first-order valence-corrected chi connectivity index (χ1v) is 8.24. The van der Waals surface area contributed by atoms with Crippen LogP contribution in [-0.2, 0) is 7.05 Å². The van der Waals surface area contributed by atoms with E-state index in [4.69, 9.17) is 0 Å². The number of fused-ring (bicyclic) bond motifs is 1. The van der Waals surface area contributed by atoms with E-state index in [2.05, 4.69) is 81.7 Å². The van der Waals surface area contributed by atoms with Gasteiger partial charge in [-0.3, -0.25) is 0 Å². The Bertz CT molecular complexity index is 892. The lowest BCUT2D eigenvalue weighted by Crippen LogP contribution is -2.31. The molecule has 0 saturated carbocycles. The van der Waals surface area contributed by atoms with Crippen LogP contribution < -0.4 is 4.57 Å². The highest BCUT2D eigenvalue weighted by Gasteiger charge is 2.16. The standard InChI is InChI=1S/C21H25N2/c1-13(2)18-9-17-10-21(23(6)12-20(17)22-11-18)19-8-14(3)7-15(4)16(19)5/h7-13H,1-6H3/q+1. The number of pyridine rings is 2. The van der Waals surface area contributed by atoms with E-state index in [0.717, 1.165) is 5.52 Å². The van der Waals surface area contributed by atoms with Gasteiger partial charge in [0.15, 0.2) is 6.20 Å². The van der Waals surface area contributed by atoms with E-state index in [-0.39, 0.29) is 0 Å². The molecule has 118 valence electrons. The molecule has 0 aliphatic heterocycles. The highest BCUT2D eigenvalue weighted by atomic mass is 14.9. The molecule has 2 aromatic heterocycles. The van der Waals surface area contributed by atoms with Crippen LogP contribution in [0.15, 0.2) is 36.7 Å². The van der Waals surface area contributed by atoms with Crippen LogP contribution >= 0.6 is 0 Å². The van der Waals surface area contributed by atoms with Gasteiger partial charge in [0.25, 0.3) is 0 Å². The quantitative estimate of drug-likeness (QED) is 0.623. The number of rotatable bonds is 2. The van der Waals surface area contributed by atoms with E-state index < -0.39 is 0 Å². The number of aromatic nitrogens is 2. The number of benzene rings is 1. The van der Waals surface area contributed by atoms with Crippen molar-refractivity contribution in [1.29, 1.82) is 0 Å². The Morgan fingerprint density at radius 1 is 1.00 bits per heavy atom. The molecule has 1 aromatic carbocycles. The molecule has 2 heteroatoms. The highest BCUT2D eigenvalue weighted by molar-refractivity contribution is 5.81. The summed E-state index contributed by atoms with van der Waals surface area (Å²) in [7, 11) is 2.10. The van der Waals surface area contributed by atoms with E-state index in [1.807, 2.05) is 6.20 Å². The largest absolute Gasteiger partial charge is 0.250 e. The minimum atomic E-state index is 0.493. The van der Waals surface area contributed by atoms with Crippen molar-refractivity contribution in [3.8, 4) is 11.3 Å². The maximum absolute atomic E-state index is 4.63. The predicted molar refractivity (Wildman–Crippen MR) is 96.7 cm³/mol. The van der Waals surface area contributed by atoms with Gasteiger partial charge in [-0.25, -0.2) is 4.98 Å². The lowest BCUT2D eigenvalue weighted by atomic mass is 9.96. The third kappa shape index (κ3) is 2.86. The zero-order chi connectivity index (χ0) is 16.7. The van der Waals surface area contributed by atoms with E-state index in [0.29, 0.717) is 5.92 Å². The maximum Gasteiger partial charge on any atom is 0.213 e. The highest BCUT2D eigenvalue weighted by Crippen LogP contribution is 2.27. The summed E-state index contributed by atoms with van der Waals surface area (Å²) in [6.07, 6.45) is 4.13. The first kappa shape index (κ1) is 15.7. The third-order valence-electron chi connectivity index (χ3n) is 4.71. The van der Waals surface area contributed by atoms with Crippen molar-refractivity contribution in [2.45, 2.75) is 40.5 Å². The Morgan fingerprint density at radius 3 is 2.43 bits per heavy atom. The van der Waals surface area contributed by atoms with Crippen molar-refractivity contribution in [2.75, 3.05) is 0 Å². The van der Waals surface area contributed by atoms with Gasteiger partial charge in [-0.05, 0) is 55.5 Å². The molecule has 0 fully saturated rings.